The quantitative estimate of drug-likeness (QED) is 0.621. The Morgan fingerprint density at radius 3 is 2.62 bits per heavy atom. The zero-order valence-corrected chi connectivity index (χ0v) is 13.8. The average molecular weight is 351 g/mol. The molecule has 21 heavy (non-hydrogen) atoms. The topological polar surface area (TPSA) is 38.0 Å². The van der Waals surface area contributed by atoms with Crippen molar-refractivity contribution in [1.29, 1.82) is 0 Å². The number of nitrogens with two attached hydrogens (primary N) is 1. The fourth-order valence-corrected chi connectivity index (χ4v) is 2.95. The maximum absolute atomic E-state index is 13.5. The van der Waals surface area contributed by atoms with Gasteiger partial charge in [0.1, 0.15) is 5.82 Å². The normalized spacial score (nSPS) is 12.7. The van der Waals surface area contributed by atoms with Gasteiger partial charge < -0.3 is 0 Å². The highest BCUT2D eigenvalue weighted by atomic mass is 79.9. The number of benzene rings is 2. The summed E-state index contributed by atoms with van der Waals surface area (Å²) in [5, 5.41) is 0. The number of hydrogen-bond acceptors (Lipinski definition) is 2. The first-order valence-electron chi connectivity index (χ1n) is 7.01. The predicted molar refractivity (Wildman–Crippen MR) is 88.3 cm³/mol. The van der Waals surface area contributed by atoms with Crippen LogP contribution < -0.4 is 11.3 Å². The molecule has 0 aromatic heterocycles. The molecular formula is C17H20BrFN2. The summed E-state index contributed by atoms with van der Waals surface area (Å²) in [7, 11) is 0. The molecule has 2 nitrogen and oxygen atoms in total. The first kappa shape index (κ1) is 16.1. The van der Waals surface area contributed by atoms with Gasteiger partial charge in [-0.2, -0.15) is 0 Å². The summed E-state index contributed by atoms with van der Waals surface area (Å²) in [6, 6.07) is 12.6. The molecule has 0 radical (unpaired) electrons. The van der Waals surface area contributed by atoms with Crippen LogP contribution in [0.25, 0.3) is 0 Å². The van der Waals surface area contributed by atoms with Crippen LogP contribution >= 0.6 is 15.9 Å². The smallest absolute Gasteiger partial charge is 0.123 e. The van der Waals surface area contributed by atoms with E-state index in [2.05, 4.69) is 47.3 Å². The Kier molecular flexibility index (Phi) is 5.51. The molecule has 4 heteroatoms. The third kappa shape index (κ3) is 4.13. The molecule has 0 aliphatic rings. The molecule has 0 bridgehead atoms. The van der Waals surface area contributed by atoms with Crippen molar-refractivity contribution in [1.82, 2.24) is 5.43 Å². The predicted octanol–water partition coefficient (Wildman–Crippen LogP) is 4.34. The fraction of sp³-hybridized carbons (Fsp3) is 0.294. The molecule has 0 aliphatic heterocycles. The summed E-state index contributed by atoms with van der Waals surface area (Å²) < 4.78 is 14.4. The Hall–Kier alpha value is -1.23. The van der Waals surface area contributed by atoms with Crippen LogP contribution in [0.4, 0.5) is 4.39 Å². The van der Waals surface area contributed by atoms with Gasteiger partial charge >= 0.3 is 0 Å². The third-order valence-corrected chi connectivity index (χ3v) is 4.09. The van der Waals surface area contributed by atoms with E-state index in [-0.39, 0.29) is 11.9 Å². The van der Waals surface area contributed by atoms with E-state index in [1.807, 2.05) is 12.1 Å². The molecule has 0 spiro atoms. The van der Waals surface area contributed by atoms with Gasteiger partial charge in [-0.3, -0.25) is 5.84 Å². The second kappa shape index (κ2) is 7.16. The monoisotopic (exact) mass is 350 g/mol. The number of nitrogens with one attached hydrogen (secondary N) is 1. The molecule has 3 N–H and O–H groups in total. The molecule has 0 amide bonds. The molecule has 0 saturated carbocycles. The summed E-state index contributed by atoms with van der Waals surface area (Å²) in [5.74, 6) is 6.03. The van der Waals surface area contributed by atoms with Gasteiger partial charge in [0, 0.05) is 4.47 Å². The number of halogens is 2. The van der Waals surface area contributed by atoms with Crippen LogP contribution in [-0.4, -0.2) is 0 Å². The van der Waals surface area contributed by atoms with E-state index in [4.69, 9.17) is 5.84 Å². The minimum atomic E-state index is -0.271. The van der Waals surface area contributed by atoms with Crippen LogP contribution in [0.15, 0.2) is 46.9 Å². The number of hydrazine groups is 1. The van der Waals surface area contributed by atoms with E-state index in [0.717, 1.165) is 22.0 Å². The molecule has 0 heterocycles. The molecule has 112 valence electrons. The lowest BCUT2D eigenvalue weighted by Crippen LogP contribution is -2.29. The van der Waals surface area contributed by atoms with Crippen molar-refractivity contribution in [2.75, 3.05) is 0 Å². The third-order valence-electron chi connectivity index (χ3n) is 3.36. The Morgan fingerprint density at radius 1 is 1.19 bits per heavy atom. The second-order valence-corrected chi connectivity index (χ2v) is 6.46. The number of hydrogen-bond donors (Lipinski definition) is 2. The van der Waals surface area contributed by atoms with Gasteiger partial charge in [0.25, 0.3) is 0 Å². The van der Waals surface area contributed by atoms with Gasteiger partial charge in [0.15, 0.2) is 0 Å². The summed E-state index contributed by atoms with van der Waals surface area (Å²) in [4.78, 5) is 0. The van der Waals surface area contributed by atoms with Gasteiger partial charge in [-0.15, -0.1) is 0 Å². The lowest BCUT2D eigenvalue weighted by Gasteiger charge is -2.19. The standard InChI is InChI=1S/C17H20BrFN2/c1-11(2)8-12-4-3-5-13(9-12)17(21-20)15-10-14(19)6-7-16(15)18/h3-7,9-11,17,21H,8,20H2,1-2H3. The van der Waals surface area contributed by atoms with Crippen molar-refractivity contribution < 1.29 is 4.39 Å². The van der Waals surface area contributed by atoms with E-state index in [9.17, 15) is 4.39 Å². The molecule has 1 atom stereocenters. The SMILES string of the molecule is CC(C)Cc1cccc(C(NN)c2cc(F)ccc2Br)c1. The van der Waals surface area contributed by atoms with Gasteiger partial charge in [0.05, 0.1) is 6.04 Å². The summed E-state index contributed by atoms with van der Waals surface area (Å²) in [6.45, 7) is 4.38. The zero-order valence-electron chi connectivity index (χ0n) is 12.2. The molecular weight excluding hydrogens is 331 g/mol. The van der Waals surface area contributed by atoms with Crippen molar-refractivity contribution in [2.45, 2.75) is 26.3 Å². The molecule has 0 aliphatic carbocycles. The number of rotatable bonds is 5. The van der Waals surface area contributed by atoms with Crippen molar-refractivity contribution in [3.05, 3.63) is 69.4 Å². The first-order valence-corrected chi connectivity index (χ1v) is 7.80. The van der Waals surface area contributed by atoms with Gasteiger partial charge in [-0.1, -0.05) is 54.0 Å². The van der Waals surface area contributed by atoms with Crippen LogP contribution in [0.2, 0.25) is 0 Å². The lowest BCUT2D eigenvalue weighted by atomic mass is 9.95. The van der Waals surface area contributed by atoms with Crippen LogP contribution in [0, 0.1) is 11.7 Å². The van der Waals surface area contributed by atoms with E-state index in [1.54, 1.807) is 6.07 Å². The Balaban J connectivity index is 2.39. The first-order chi connectivity index (χ1) is 10.0. The average Bonchev–Trinajstić information content (AvgIpc) is 2.43. The van der Waals surface area contributed by atoms with E-state index in [1.165, 1.54) is 17.7 Å². The lowest BCUT2D eigenvalue weighted by molar-refractivity contribution is 0.602. The Morgan fingerprint density at radius 2 is 1.95 bits per heavy atom. The largest absolute Gasteiger partial charge is 0.271 e. The Bertz CT molecular complexity index is 613. The van der Waals surface area contributed by atoms with Crippen LogP contribution in [-0.2, 0) is 6.42 Å². The van der Waals surface area contributed by atoms with Gasteiger partial charge in [-0.05, 0) is 47.2 Å². The highest BCUT2D eigenvalue weighted by Gasteiger charge is 2.16. The van der Waals surface area contributed by atoms with Crippen molar-refractivity contribution in [3.8, 4) is 0 Å². The summed E-state index contributed by atoms with van der Waals surface area (Å²) >= 11 is 3.47. The molecule has 0 fully saturated rings. The molecule has 2 rings (SSSR count). The van der Waals surface area contributed by atoms with Crippen molar-refractivity contribution in [2.24, 2.45) is 11.8 Å². The minimum absolute atomic E-state index is 0.248. The zero-order chi connectivity index (χ0) is 15.4. The van der Waals surface area contributed by atoms with E-state index < -0.39 is 0 Å². The molecule has 0 saturated heterocycles. The fourth-order valence-electron chi connectivity index (χ4n) is 2.47. The van der Waals surface area contributed by atoms with Crippen LogP contribution in [0.5, 0.6) is 0 Å². The minimum Gasteiger partial charge on any atom is -0.271 e. The van der Waals surface area contributed by atoms with Gasteiger partial charge in [0.2, 0.25) is 0 Å². The van der Waals surface area contributed by atoms with E-state index in [0.29, 0.717) is 5.92 Å². The highest BCUT2D eigenvalue weighted by molar-refractivity contribution is 9.10. The molecule has 2 aromatic carbocycles. The van der Waals surface area contributed by atoms with Crippen molar-refractivity contribution >= 4 is 15.9 Å². The van der Waals surface area contributed by atoms with Crippen LogP contribution in [0.1, 0.15) is 36.6 Å². The second-order valence-electron chi connectivity index (χ2n) is 5.61. The maximum Gasteiger partial charge on any atom is 0.123 e. The van der Waals surface area contributed by atoms with E-state index >= 15 is 0 Å². The molecule has 2 aromatic rings. The Labute approximate surface area is 133 Å². The van der Waals surface area contributed by atoms with Crippen molar-refractivity contribution in [3.63, 3.8) is 0 Å². The molecule has 1 unspecified atom stereocenters. The van der Waals surface area contributed by atoms with Crippen LogP contribution in [0.3, 0.4) is 0 Å². The summed E-state index contributed by atoms with van der Waals surface area (Å²) in [5.41, 5.74) is 5.87. The highest BCUT2D eigenvalue weighted by Crippen LogP contribution is 2.29. The maximum atomic E-state index is 13.5. The van der Waals surface area contributed by atoms with Gasteiger partial charge in [-0.25, -0.2) is 9.82 Å². The summed E-state index contributed by atoms with van der Waals surface area (Å²) in [6.07, 6.45) is 1.01.